The zero-order valence-corrected chi connectivity index (χ0v) is 17.2. The topological polar surface area (TPSA) is 119 Å². The molecule has 3 rings (SSSR count). The summed E-state index contributed by atoms with van der Waals surface area (Å²) in [4.78, 5) is 39.6. The van der Waals surface area contributed by atoms with Gasteiger partial charge in [-0.3, -0.25) is 24.1 Å². The van der Waals surface area contributed by atoms with Gasteiger partial charge >= 0.3 is 0 Å². The van der Waals surface area contributed by atoms with Crippen molar-refractivity contribution in [1.29, 1.82) is 0 Å². The smallest absolute Gasteiger partial charge is 0.294 e. The Morgan fingerprint density at radius 3 is 2.77 bits per heavy atom. The number of nitrogens with zero attached hydrogens (tertiary/aromatic N) is 3. The number of anilines is 1. The van der Waals surface area contributed by atoms with E-state index in [1.165, 1.54) is 18.2 Å². The highest BCUT2D eigenvalue weighted by atomic mass is 35.5. The molecule has 10 heteroatoms. The van der Waals surface area contributed by atoms with Crippen molar-refractivity contribution in [3.05, 3.63) is 68.6 Å². The number of nitro groups is 1. The summed E-state index contributed by atoms with van der Waals surface area (Å²) in [6.07, 6.45) is 2.24. The monoisotopic (exact) mass is 429 g/mol. The number of amides is 2. The molecule has 0 spiro atoms. The van der Waals surface area contributed by atoms with Gasteiger partial charge in [-0.25, -0.2) is 4.98 Å². The molecule has 3 aromatic rings. The first-order valence-corrected chi connectivity index (χ1v) is 9.62. The predicted octanol–water partition coefficient (Wildman–Crippen LogP) is 3.66. The number of hydrogen-bond donors (Lipinski definition) is 2. The van der Waals surface area contributed by atoms with Gasteiger partial charge in [0.1, 0.15) is 17.0 Å². The Morgan fingerprint density at radius 1 is 1.27 bits per heavy atom. The number of halogens is 1. The number of nitro benzene ring substituents is 1. The van der Waals surface area contributed by atoms with Gasteiger partial charge in [-0.05, 0) is 44.0 Å². The normalized spacial score (nSPS) is 10.8. The summed E-state index contributed by atoms with van der Waals surface area (Å²) in [7, 11) is 0. The molecule has 0 bridgehead atoms. The maximum Gasteiger partial charge on any atom is 0.294 e. The molecule has 9 nitrogen and oxygen atoms in total. The number of carbonyl (C=O) groups is 2. The number of carbonyl (C=O) groups excluding carboxylic acids is 2. The van der Waals surface area contributed by atoms with Crippen LogP contribution in [0.15, 0.2) is 36.5 Å². The molecule has 2 amide bonds. The van der Waals surface area contributed by atoms with Crippen molar-refractivity contribution in [3.63, 3.8) is 0 Å². The number of pyridine rings is 1. The van der Waals surface area contributed by atoms with Crippen LogP contribution in [-0.4, -0.2) is 32.7 Å². The predicted molar refractivity (Wildman–Crippen MR) is 113 cm³/mol. The van der Waals surface area contributed by atoms with Crippen LogP contribution in [-0.2, 0) is 4.79 Å². The molecular formula is C20H20ClN5O4. The average Bonchev–Trinajstić information content (AvgIpc) is 3.03. The molecule has 0 aliphatic heterocycles. The van der Waals surface area contributed by atoms with Crippen LogP contribution in [0.5, 0.6) is 0 Å². The van der Waals surface area contributed by atoms with Crippen molar-refractivity contribution < 1.29 is 14.5 Å². The minimum Gasteiger partial charge on any atom is -0.351 e. The van der Waals surface area contributed by atoms with Gasteiger partial charge in [-0.15, -0.1) is 0 Å². The summed E-state index contributed by atoms with van der Waals surface area (Å²) in [5, 5.41) is 16.6. The fourth-order valence-corrected chi connectivity index (χ4v) is 3.27. The van der Waals surface area contributed by atoms with Crippen LogP contribution in [0.4, 0.5) is 11.4 Å². The van der Waals surface area contributed by atoms with Gasteiger partial charge in [0.15, 0.2) is 0 Å². The second-order valence-electron chi connectivity index (χ2n) is 6.76. The lowest BCUT2D eigenvalue weighted by Crippen LogP contribution is -2.27. The van der Waals surface area contributed by atoms with Gasteiger partial charge < -0.3 is 10.6 Å². The van der Waals surface area contributed by atoms with Gasteiger partial charge in [-0.2, -0.15) is 0 Å². The third-order valence-corrected chi connectivity index (χ3v) is 4.77. The number of rotatable bonds is 7. The van der Waals surface area contributed by atoms with Crippen molar-refractivity contribution >= 4 is 40.4 Å². The third-order valence-electron chi connectivity index (χ3n) is 4.53. The Balaban J connectivity index is 1.55. The van der Waals surface area contributed by atoms with Crippen LogP contribution >= 0.6 is 11.6 Å². The lowest BCUT2D eigenvalue weighted by molar-refractivity contribution is -0.383. The number of imidazole rings is 1. The van der Waals surface area contributed by atoms with E-state index in [1.807, 2.05) is 19.1 Å². The van der Waals surface area contributed by atoms with E-state index >= 15 is 0 Å². The van der Waals surface area contributed by atoms with Crippen molar-refractivity contribution in [2.75, 3.05) is 11.9 Å². The zero-order valence-electron chi connectivity index (χ0n) is 16.4. The second kappa shape index (κ2) is 8.91. The van der Waals surface area contributed by atoms with E-state index in [9.17, 15) is 19.7 Å². The van der Waals surface area contributed by atoms with E-state index in [-0.39, 0.29) is 35.3 Å². The molecule has 2 aromatic heterocycles. The third kappa shape index (κ3) is 4.57. The number of aryl methyl sites for hydroxylation is 2. The Hall–Kier alpha value is -3.46. The Bertz CT molecular complexity index is 1140. The molecule has 0 aliphatic rings. The molecule has 0 aliphatic carbocycles. The molecule has 30 heavy (non-hydrogen) atoms. The van der Waals surface area contributed by atoms with Crippen molar-refractivity contribution in [2.45, 2.75) is 26.7 Å². The Morgan fingerprint density at radius 2 is 2.03 bits per heavy atom. The maximum absolute atomic E-state index is 12.6. The van der Waals surface area contributed by atoms with Gasteiger partial charge in [0.05, 0.1) is 10.6 Å². The highest BCUT2D eigenvalue weighted by Gasteiger charge is 2.18. The molecule has 0 saturated carbocycles. The molecule has 0 unspecified atom stereocenters. The lowest BCUT2D eigenvalue weighted by Gasteiger charge is -2.08. The van der Waals surface area contributed by atoms with Crippen LogP contribution in [0.2, 0.25) is 5.02 Å². The summed E-state index contributed by atoms with van der Waals surface area (Å²) in [5.74, 6) is -0.671. The summed E-state index contributed by atoms with van der Waals surface area (Å²) in [6, 6.07) is 7.80. The highest BCUT2D eigenvalue weighted by molar-refractivity contribution is 6.31. The molecule has 2 N–H and O–H groups in total. The van der Waals surface area contributed by atoms with Crippen LogP contribution < -0.4 is 10.6 Å². The second-order valence-corrected chi connectivity index (χ2v) is 7.19. The Labute approximate surface area is 177 Å². The molecule has 0 atom stereocenters. The van der Waals surface area contributed by atoms with Gasteiger partial charge in [0, 0.05) is 30.3 Å². The van der Waals surface area contributed by atoms with E-state index in [0.717, 1.165) is 11.2 Å². The molecule has 0 saturated heterocycles. The summed E-state index contributed by atoms with van der Waals surface area (Å²) in [5.41, 5.74) is 2.57. The highest BCUT2D eigenvalue weighted by Crippen LogP contribution is 2.27. The molecular weight excluding hydrogens is 410 g/mol. The largest absolute Gasteiger partial charge is 0.351 e. The number of aromatic nitrogens is 2. The fraction of sp³-hybridized carbons (Fsp3) is 0.250. The SMILES string of the molecule is Cc1nc2c(C)cccn2c1C(=O)NCCCC(=O)Nc1ccc(Cl)cc1[N+](=O)[O-]. The summed E-state index contributed by atoms with van der Waals surface area (Å²) < 4.78 is 1.74. The van der Waals surface area contributed by atoms with Crippen molar-refractivity contribution in [3.8, 4) is 0 Å². The van der Waals surface area contributed by atoms with Gasteiger partial charge in [0.2, 0.25) is 5.91 Å². The molecule has 0 radical (unpaired) electrons. The van der Waals surface area contributed by atoms with E-state index in [2.05, 4.69) is 15.6 Å². The number of hydrogen-bond acceptors (Lipinski definition) is 5. The van der Waals surface area contributed by atoms with Crippen LogP contribution in [0, 0.1) is 24.0 Å². The minimum atomic E-state index is -0.609. The standard InChI is InChI=1S/C20H20ClN5O4/c1-12-5-4-10-25-18(13(2)23-19(12)25)20(28)22-9-3-6-17(27)24-15-8-7-14(21)11-16(15)26(29)30/h4-5,7-8,10-11H,3,6,9H2,1-2H3,(H,22,28)(H,24,27). The molecule has 1 aromatic carbocycles. The number of benzene rings is 1. The Kier molecular flexibility index (Phi) is 6.31. The van der Waals surface area contributed by atoms with E-state index < -0.39 is 10.8 Å². The van der Waals surface area contributed by atoms with Gasteiger partial charge in [0.25, 0.3) is 11.6 Å². The van der Waals surface area contributed by atoms with Crippen LogP contribution in [0.25, 0.3) is 5.65 Å². The number of nitrogens with one attached hydrogen (secondary N) is 2. The van der Waals surface area contributed by atoms with Crippen LogP contribution in [0.1, 0.15) is 34.6 Å². The summed E-state index contributed by atoms with van der Waals surface area (Å²) >= 11 is 5.76. The first kappa shape index (κ1) is 21.3. The van der Waals surface area contributed by atoms with Crippen molar-refractivity contribution in [2.24, 2.45) is 0 Å². The summed E-state index contributed by atoms with van der Waals surface area (Å²) in [6.45, 7) is 3.97. The first-order valence-electron chi connectivity index (χ1n) is 9.24. The maximum atomic E-state index is 12.6. The average molecular weight is 430 g/mol. The molecule has 2 heterocycles. The van der Waals surface area contributed by atoms with E-state index in [4.69, 9.17) is 11.6 Å². The lowest BCUT2D eigenvalue weighted by atomic mass is 10.2. The first-order chi connectivity index (χ1) is 14.3. The van der Waals surface area contributed by atoms with Gasteiger partial charge in [-0.1, -0.05) is 17.7 Å². The van der Waals surface area contributed by atoms with Crippen LogP contribution in [0.3, 0.4) is 0 Å². The minimum absolute atomic E-state index is 0.0789. The van der Waals surface area contributed by atoms with Crippen molar-refractivity contribution in [1.82, 2.24) is 14.7 Å². The fourth-order valence-electron chi connectivity index (χ4n) is 3.10. The molecule has 0 fully saturated rings. The molecule has 156 valence electrons. The van der Waals surface area contributed by atoms with E-state index in [1.54, 1.807) is 17.5 Å². The van der Waals surface area contributed by atoms with E-state index in [0.29, 0.717) is 17.8 Å². The zero-order chi connectivity index (χ0) is 21.8. The quantitative estimate of drug-likeness (QED) is 0.337. The number of fused-ring (bicyclic) bond motifs is 1.